The highest BCUT2D eigenvalue weighted by molar-refractivity contribution is 5.76. The number of hydrogen-bond donors (Lipinski definition) is 1. The number of methoxy groups -OCH3 is 1. The molecule has 0 aliphatic rings. The summed E-state index contributed by atoms with van der Waals surface area (Å²) in [5.41, 5.74) is 2.04. The lowest BCUT2D eigenvalue weighted by atomic mass is 10.3. The number of benzene rings is 1. The molecule has 0 saturated carbocycles. The Balaban J connectivity index is 2.10. The summed E-state index contributed by atoms with van der Waals surface area (Å²) in [5.74, 6) is 1.89. The van der Waals surface area contributed by atoms with Gasteiger partial charge in [0, 0.05) is 25.1 Å². The maximum atomic E-state index is 5.21. The standard InChI is InChI=1S/C14H21N3O/c1-10(2)17(3)8-7-14-15-12-6-5-11(18-4)9-13(12)16-14/h5-6,9-10H,7-8H2,1-4H3,(H,15,16). The Kier molecular flexibility index (Phi) is 3.87. The Morgan fingerprint density at radius 2 is 2.17 bits per heavy atom. The smallest absolute Gasteiger partial charge is 0.121 e. The molecule has 0 aliphatic carbocycles. The third kappa shape index (κ3) is 2.82. The number of aromatic nitrogens is 2. The van der Waals surface area contributed by atoms with Crippen LogP contribution < -0.4 is 4.74 Å². The van der Waals surface area contributed by atoms with Gasteiger partial charge in [0.1, 0.15) is 11.6 Å². The van der Waals surface area contributed by atoms with Crippen molar-refractivity contribution in [2.24, 2.45) is 0 Å². The second-order valence-corrected chi connectivity index (χ2v) is 4.89. The number of ether oxygens (including phenoxy) is 1. The zero-order chi connectivity index (χ0) is 13.1. The minimum Gasteiger partial charge on any atom is -0.497 e. The monoisotopic (exact) mass is 247 g/mol. The van der Waals surface area contributed by atoms with E-state index in [-0.39, 0.29) is 0 Å². The van der Waals surface area contributed by atoms with E-state index in [4.69, 9.17) is 4.74 Å². The summed E-state index contributed by atoms with van der Waals surface area (Å²) in [6.07, 6.45) is 0.936. The van der Waals surface area contributed by atoms with Gasteiger partial charge < -0.3 is 14.6 Å². The van der Waals surface area contributed by atoms with E-state index >= 15 is 0 Å². The van der Waals surface area contributed by atoms with E-state index in [0.29, 0.717) is 6.04 Å². The molecule has 2 rings (SSSR count). The minimum absolute atomic E-state index is 0.564. The van der Waals surface area contributed by atoms with Crippen LogP contribution in [-0.4, -0.2) is 41.6 Å². The van der Waals surface area contributed by atoms with Crippen molar-refractivity contribution >= 4 is 11.0 Å². The summed E-state index contributed by atoms with van der Waals surface area (Å²) in [7, 11) is 3.81. The number of imidazole rings is 1. The number of aromatic amines is 1. The SMILES string of the molecule is COc1ccc2nc(CCN(C)C(C)C)[nH]c2c1. The highest BCUT2D eigenvalue weighted by Crippen LogP contribution is 2.18. The second-order valence-electron chi connectivity index (χ2n) is 4.89. The Bertz CT molecular complexity index is 519. The van der Waals surface area contributed by atoms with Crippen LogP contribution >= 0.6 is 0 Å². The second kappa shape index (κ2) is 5.40. The molecule has 0 spiro atoms. The summed E-state index contributed by atoms with van der Waals surface area (Å²) in [5, 5.41) is 0. The maximum absolute atomic E-state index is 5.21. The van der Waals surface area contributed by atoms with Gasteiger partial charge >= 0.3 is 0 Å². The average molecular weight is 247 g/mol. The van der Waals surface area contributed by atoms with Gasteiger partial charge in [-0.3, -0.25) is 0 Å². The highest BCUT2D eigenvalue weighted by Gasteiger charge is 2.07. The van der Waals surface area contributed by atoms with E-state index in [2.05, 4.69) is 35.8 Å². The van der Waals surface area contributed by atoms with Gasteiger partial charge in [-0.15, -0.1) is 0 Å². The predicted molar refractivity (Wildman–Crippen MR) is 74.1 cm³/mol. The molecule has 2 aromatic rings. The molecule has 1 aromatic carbocycles. The first kappa shape index (κ1) is 12.9. The van der Waals surface area contributed by atoms with Gasteiger partial charge in [0.2, 0.25) is 0 Å². The molecule has 0 saturated heterocycles. The Morgan fingerprint density at radius 3 is 2.83 bits per heavy atom. The van der Waals surface area contributed by atoms with Gasteiger partial charge in [0.05, 0.1) is 18.1 Å². The maximum Gasteiger partial charge on any atom is 0.121 e. The lowest BCUT2D eigenvalue weighted by Crippen LogP contribution is -2.28. The molecule has 1 heterocycles. The van der Waals surface area contributed by atoms with Crippen LogP contribution in [0.4, 0.5) is 0 Å². The molecule has 0 aliphatic heterocycles. The first-order chi connectivity index (χ1) is 8.60. The van der Waals surface area contributed by atoms with E-state index in [1.165, 1.54) is 0 Å². The molecule has 4 heteroatoms. The van der Waals surface area contributed by atoms with Crippen molar-refractivity contribution < 1.29 is 4.74 Å². The van der Waals surface area contributed by atoms with Crippen LogP contribution in [0.5, 0.6) is 5.75 Å². The van der Waals surface area contributed by atoms with E-state index < -0.39 is 0 Å². The summed E-state index contributed by atoms with van der Waals surface area (Å²) in [6, 6.07) is 6.47. The van der Waals surface area contributed by atoms with Crippen molar-refractivity contribution in [1.29, 1.82) is 0 Å². The van der Waals surface area contributed by atoms with Crippen molar-refractivity contribution in [2.75, 3.05) is 20.7 Å². The zero-order valence-electron chi connectivity index (χ0n) is 11.5. The molecule has 4 nitrogen and oxygen atoms in total. The normalized spacial score (nSPS) is 11.7. The molecule has 1 N–H and O–H groups in total. The van der Waals surface area contributed by atoms with Gasteiger partial charge in [0.25, 0.3) is 0 Å². The van der Waals surface area contributed by atoms with E-state index in [1.54, 1.807) is 7.11 Å². The Labute approximate surface area is 108 Å². The van der Waals surface area contributed by atoms with Crippen molar-refractivity contribution in [1.82, 2.24) is 14.9 Å². The molecule has 18 heavy (non-hydrogen) atoms. The van der Waals surface area contributed by atoms with Gasteiger partial charge in [-0.2, -0.15) is 0 Å². The van der Waals surface area contributed by atoms with E-state index in [9.17, 15) is 0 Å². The molecule has 1 aromatic heterocycles. The van der Waals surface area contributed by atoms with Gasteiger partial charge in [-0.25, -0.2) is 4.98 Å². The predicted octanol–water partition coefficient (Wildman–Crippen LogP) is 2.45. The number of H-pyrrole nitrogens is 1. The summed E-state index contributed by atoms with van der Waals surface area (Å²) >= 11 is 0. The van der Waals surface area contributed by atoms with Crippen LogP contribution in [0.15, 0.2) is 18.2 Å². The molecular formula is C14H21N3O. The fourth-order valence-corrected chi connectivity index (χ4v) is 1.83. The third-order valence-electron chi connectivity index (χ3n) is 3.32. The van der Waals surface area contributed by atoms with Gasteiger partial charge in [-0.1, -0.05) is 0 Å². The topological polar surface area (TPSA) is 41.1 Å². The van der Waals surface area contributed by atoms with Crippen LogP contribution in [0.25, 0.3) is 11.0 Å². The lowest BCUT2D eigenvalue weighted by Gasteiger charge is -2.19. The van der Waals surface area contributed by atoms with Gasteiger partial charge in [0.15, 0.2) is 0 Å². The van der Waals surface area contributed by atoms with Crippen LogP contribution in [0.2, 0.25) is 0 Å². The number of fused-ring (bicyclic) bond motifs is 1. The molecule has 0 atom stereocenters. The zero-order valence-corrected chi connectivity index (χ0v) is 11.5. The highest BCUT2D eigenvalue weighted by atomic mass is 16.5. The number of nitrogens with one attached hydrogen (secondary N) is 1. The fraction of sp³-hybridized carbons (Fsp3) is 0.500. The Hall–Kier alpha value is -1.55. The van der Waals surface area contributed by atoms with Crippen molar-refractivity contribution in [3.05, 3.63) is 24.0 Å². The number of hydrogen-bond acceptors (Lipinski definition) is 3. The quantitative estimate of drug-likeness (QED) is 0.882. The van der Waals surface area contributed by atoms with Crippen molar-refractivity contribution in [3.63, 3.8) is 0 Å². The molecule has 0 bridgehead atoms. The van der Waals surface area contributed by atoms with E-state index in [0.717, 1.165) is 35.6 Å². The van der Waals surface area contributed by atoms with E-state index in [1.807, 2.05) is 18.2 Å². The molecule has 0 unspecified atom stereocenters. The van der Waals surface area contributed by atoms with Crippen LogP contribution in [0.1, 0.15) is 19.7 Å². The molecule has 0 fully saturated rings. The minimum atomic E-state index is 0.564. The molecule has 0 amide bonds. The summed E-state index contributed by atoms with van der Waals surface area (Å²) in [6.45, 7) is 5.40. The first-order valence-corrected chi connectivity index (χ1v) is 6.33. The fourth-order valence-electron chi connectivity index (χ4n) is 1.83. The van der Waals surface area contributed by atoms with Crippen LogP contribution in [-0.2, 0) is 6.42 Å². The summed E-state index contributed by atoms with van der Waals surface area (Å²) in [4.78, 5) is 10.2. The third-order valence-corrected chi connectivity index (χ3v) is 3.32. The largest absolute Gasteiger partial charge is 0.497 e. The van der Waals surface area contributed by atoms with Crippen LogP contribution in [0, 0.1) is 0 Å². The lowest BCUT2D eigenvalue weighted by molar-refractivity contribution is 0.276. The first-order valence-electron chi connectivity index (χ1n) is 6.33. The number of likely N-dealkylation sites (N-methyl/N-ethyl adjacent to an activating group) is 1. The van der Waals surface area contributed by atoms with Gasteiger partial charge in [-0.05, 0) is 33.0 Å². The van der Waals surface area contributed by atoms with Crippen molar-refractivity contribution in [2.45, 2.75) is 26.3 Å². The molecule has 98 valence electrons. The van der Waals surface area contributed by atoms with Crippen LogP contribution in [0.3, 0.4) is 0 Å². The number of rotatable bonds is 5. The molecular weight excluding hydrogens is 226 g/mol. The summed E-state index contributed by atoms with van der Waals surface area (Å²) < 4.78 is 5.21. The average Bonchev–Trinajstić information content (AvgIpc) is 2.77. The van der Waals surface area contributed by atoms with Crippen molar-refractivity contribution in [3.8, 4) is 5.75 Å². The molecule has 0 radical (unpaired) electrons. The Morgan fingerprint density at radius 1 is 1.39 bits per heavy atom. The number of nitrogens with zero attached hydrogens (tertiary/aromatic N) is 2.